The summed E-state index contributed by atoms with van der Waals surface area (Å²) in [6, 6.07) is 8.90. The van der Waals surface area contributed by atoms with Crippen LogP contribution in [0.4, 0.5) is 4.39 Å². The lowest BCUT2D eigenvalue weighted by molar-refractivity contribution is 0.554. The minimum absolute atomic E-state index is 0.165. The molecule has 0 radical (unpaired) electrons. The molecule has 1 N–H and O–H groups in total. The van der Waals surface area contributed by atoms with E-state index in [1.807, 2.05) is 19.2 Å². The minimum Gasteiger partial charge on any atom is -0.472 e. The molecule has 4 heteroatoms. The third-order valence-electron chi connectivity index (χ3n) is 2.54. The average Bonchev–Trinajstić information content (AvgIpc) is 2.86. The molecule has 1 atom stereocenters. The van der Waals surface area contributed by atoms with Crippen molar-refractivity contribution in [1.29, 1.82) is 0 Å². The van der Waals surface area contributed by atoms with Crippen molar-refractivity contribution in [1.82, 2.24) is 5.32 Å². The van der Waals surface area contributed by atoms with Gasteiger partial charge in [0.25, 0.3) is 0 Å². The average molecular weight is 251 g/mol. The highest BCUT2D eigenvalue weighted by atomic mass is 32.2. The fourth-order valence-corrected chi connectivity index (χ4v) is 2.64. The maximum Gasteiger partial charge on any atom is 0.136 e. The van der Waals surface area contributed by atoms with Crippen LogP contribution in [0.15, 0.2) is 52.2 Å². The van der Waals surface area contributed by atoms with E-state index in [0.29, 0.717) is 4.90 Å². The molecule has 0 aliphatic heterocycles. The van der Waals surface area contributed by atoms with E-state index in [9.17, 15) is 4.39 Å². The molecule has 1 heterocycles. The van der Waals surface area contributed by atoms with E-state index in [1.54, 1.807) is 24.7 Å². The highest BCUT2D eigenvalue weighted by Gasteiger charge is 2.12. The van der Waals surface area contributed by atoms with E-state index in [-0.39, 0.29) is 11.9 Å². The Labute approximate surface area is 104 Å². The standard InChI is InChI=1S/C13H14FNOS/c1-15-12(10-6-7-16-8-10)9-17-13-5-3-2-4-11(13)14/h2-8,12,15H,9H2,1H3. The van der Waals surface area contributed by atoms with E-state index in [2.05, 4.69) is 5.32 Å². The molecule has 0 spiro atoms. The molecule has 0 aliphatic carbocycles. The molecule has 90 valence electrons. The summed E-state index contributed by atoms with van der Waals surface area (Å²) in [6.07, 6.45) is 3.36. The van der Waals surface area contributed by atoms with Crippen LogP contribution in [0.2, 0.25) is 0 Å². The zero-order valence-corrected chi connectivity index (χ0v) is 10.3. The molecule has 2 aromatic rings. The van der Waals surface area contributed by atoms with Crippen LogP contribution in [0.1, 0.15) is 11.6 Å². The third kappa shape index (κ3) is 3.11. The largest absolute Gasteiger partial charge is 0.472 e. The summed E-state index contributed by atoms with van der Waals surface area (Å²) in [5.74, 6) is 0.594. The van der Waals surface area contributed by atoms with Gasteiger partial charge in [0.1, 0.15) is 5.82 Å². The van der Waals surface area contributed by atoms with Crippen molar-refractivity contribution in [3.8, 4) is 0 Å². The summed E-state index contributed by atoms with van der Waals surface area (Å²) >= 11 is 1.50. The fourth-order valence-electron chi connectivity index (χ4n) is 1.55. The van der Waals surface area contributed by atoms with Crippen LogP contribution in [-0.2, 0) is 0 Å². The maximum atomic E-state index is 13.4. The van der Waals surface area contributed by atoms with Crippen molar-refractivity contribution >= 4 is 11.8 Å². The number of rotatable bonds is 5. The molecule has 1 unspecified atom stereocenters. The minimum atomic E-state index is -0.167. The Kier molecular flexibility index (Phi) is 4.23. The van der Waals surface area contributed by atoms with Crippen LogP contribution in [0.5, 0.6) is 0 Å². The number of furan rings is 1. The maximum absolute atomic E-state index is 13.4. The summed E-state index contributed by atoms with van der Waals surface area (Å²) in [7, 11) is 1.89. The molecule has 17 heavy (non-hydrogen) atoms. The van der Waals surface area contributed by atoms with Gasteiger partial charge < -0.3 is 9.73 Å². The van der Waals surface area contributed by atoms with Gasteiger partial charge >= 0.3 is 0 Å². The van der Waals surface area contributed by atoms with Crippen molar-refractivity contribution in [2.24, 2.45) is 0 Å². The van der Waals surface area contributed by atoms with Gasteiger partial charge in [-0.3, -0.25) is 0 Å². The fraction of sp³-hybridized carbons (Fsp3) is 0.231. The molecule has 0 fully saturated rings. The number of benzene rings is 1. The normalized spacial score (nSPS) is 12.6. The predicted molar refractivity (Wildman–Crippen MR) is 67.6 cm³/mol. The van der Waals surface area contributed by atoms with E-state index >= 15 is 0 Å². The van der Waals surface area contributed by atoms with Crippen molar-refractivity contribution in [2.45, 2.75) is 10.9 Å². The first-order chi connectivity index (χ1) is 8.31. The number of nitrogens with one attached hydrogen (secondary N) is 1. The number of thioether (sulfide) groups is 1. The molecule has 0 aliphatic rings. The molecule has 0 saturated heterocycles. The first-order valence-corrected chi connectivity index (χ1v) is 6.36. The van der Waals surface area contributed by atoms with Crippen molar-refractivity contribution in [2.75, 3.05) is 12.8 Å². The molecular formula is C13H14FNOS. The Morgan fingerprint density at radius 2 is 2.18 bits per heavy atom. The zero-order valence-electron chi connectivity index (χ0n) is 9.52. The van der Waals surface area contributed by atoms with Crippen molar-refractivity contribution < 1.29 is 8.81 Å². The van der Waals surface area contributed by atoms with Crippen LogP contribution in [0.25, 0.3) is 0 Å². The first-order valence-electron chi connectivity index (χ1n) is 5.38. The molecule has 0 amide bonds. The molecule has 2 nitrogen and oxygen atoms in total. The molecule has 0 saturated carbocycles. The summed E-state index contributed by atoms with van der Waals surface area (Å²) in [4.78, 5) is 0.677. The molecule has 2 rings (SSSR count). The third-order valence-corrected chi connectivity index (χ3v) is 3.68. The number of hydrogen-bond acceptors (Lipinski definition) is 3. The Balaban J connectivity index is 2.00. The smallest absolute Gasteiger partial charge is 0.136 e. The topological polar surface area (TPSA) is 25.2 Å². The van der Waals surface area contributed by atoms with Gasteiger partial charge in [0.15, 0.2) is 0 Å². The molecule has 1 aromatic heterocycles. The van der Waals surface area contributed by atoms with Gasteiger partial charge in [0.2, 0.25) is 0 Å². The second kappa shape index (κ2) is 5.89. The van der Waals surface area contributed by atoms with Gasteiger partial charge in [0, 0.05) is 22.3 Å². The van der Waals surface area contributed by atoms with E-state index < -0.39 is 0 Å². The second-order valence-corrected chi connectivity index (χ2v) is 4.70. The van der Waals surface area contributed by atoms with E-state index in [1.165, 1.54) is 17.8 Å². The lowest BCUT2D eigenvalue weighted by Gasteiger charge is -2.13. The molecule has 1 aromatic carbocycles. The quantitative estimate of drug-likeness (QED) is 0.824. The monoisotopic (exact) mass is 251 g/mol. The summed E-state index contributed by atoms with van der Waals surface area (Å²) < 4.78 is 18.5. The highest BCUT2D eigenvalue weighted by molar-refractivity contribution is 7.99. The van der Waals surface area contributed by atoms with Gasteiger partial charge in [-0.05, 0) is 25.2 Å². The molecule has 0 bridgehead atoms. The van der Waals surface area contributed by atoms with E-state index in [4.69, 9.17) is 4.42 Å². The zero-order chi connectivity index (χ0) is 12.1. The van der Waals surface area contributed by atoms with Crippen LogP contribution >= 0.6 is 11.8 Å². The second-order valence-electron chi connectivity index (χ2n) is 3.64. The van der Waals surface area contributed by atoms with Crippen LogP contribution in [0, 0.1) is 5.82 Å². The summed E-state index contributed by atoms with van der Waals surface area (Å²) in [5.41, 5.74) is 1.08. The lowest BCUT2D eigenvalue weighted by Crippen LogP contribution is -2.18. The van der Waals surface area contributed by atoms with Crippen LogP contribution in [0.3, 0.4) is 0 Å². The number of halogens is 1. The van der Waals surface area contributed by atoms with Crippen LogP contribution < -0.4 is 5.32 Å². The summed E-state index contributed by atoms with van der Waals surface area (Å²) in [5, 5.41) is 3.19. The van der Waals surface area contributed by atoms with Gasteiger partial charge in [-0.15, -0.1) is 11.8 Å². The SMILES string of the molecule is CNC(CSc1ccccc1F)c1ccoc1. The Hall–Kier alpha value is -1.26. The predicted octanol–water partition coefficient (Wildman–Crippen LogP) is 3.47. The van der Waals surface area contributed by atoms with Crippen molar-refractivity contribution in [3.05, 3.63) is 54.2 Å². The van der Waals surface area contributed by atoms with Gasteiger partial charge in [-0.2, -0.15) is 0 Å². The van der Waals surface area contributed by atoms with Crippen molar-refractivity contribution in [3.63, 3.8) is 0 Å². The Morgan fingerprint density at radius 1 is 1.35 bits per heavy atom. The summed E-state index contributed by atoms with van der Waals surface area (Å²) in [6.45, 7) is 0. The van der Waals surface area contributed by atoms with Gasteiger partial charge in [-0.25, -0.2) is 4.39 Å². The van der Waals surface area contributed by atoms with E-state index in [0.717, 1.165) is 11.3 Å². The lowest BCUT2D eigenvalue weighted by atomic mass is 10.2. The first kappa shape index (κ1) is 12.2. The molecular weight excluding hydrogens is 237 g/mol. The van der Waals surface area contributed by atoms with Gasteiger partial charge in [0.05, 0.1) is 12.5 Å². The Morgan fingerprint density at radius 3 is 2.82 bits per heavy atom. The van der Waals surface area contributed by atoms with Crippen LogP contribution in [-0.4, -0.2) is 12.8 Å². The van der Waals surface area contributed by atoms with Gasteiger partial charge in [-0.1, -0.05) is 12.1 Å². The number of hydrogen-bond donors (Lipinski definition) is 1. The Bertz CT molecular complexity index is 458. The highest BCUT2D eigenvalue weighted by Crippen LogP contribution is 2.26.